The average Bonchev–Trinajstić information content (AvgIpc) is 2.58. The van der Waals surface area contributed by atoms with E-state index in [1.807, 2.05) is 31.2 Å². The molecule has 0 aliphatic heterocycles. The van der Waals surface area contributed by atoms with Crippen molar-refractivity contribution in [2.75, 3.05) is 18.4 Å². The maximum Gasteiger partial charge on any atom is 0.227 e. The van der Waals surface area contributed by atoms with E-state index in [0.717, 1.165) is 17.7 Å². The van der Waals surface area contributed by atoms with Crippen LogP contribution in [0.5, 0.6) is 0 Å². The van der Waals surface area contributed by atoms with Crippen molar-refractivity contribution in [3.8, 4) is 0 Å². The molecular formula is C17H22N6O. The number of nitrogens with zero attached hydrogens (tertiary/aromatic N) is 3. The molecule has 0 aliphatic carbocycles. The molecule has 0 spiro atoms. The first-order valence-electron chi connectivity index (χ1n) is 7.79. The minimum Gasteiger partial charge on any atom is -0.370 e. The third-order valence-electron chi connectivity index (χ3n) is 3.21. The molecule has 2 heterocycles. The summed E-state index contributed by atoms with van der Waals surface area (Å²) < 4.78 is 0. The van der Waals surface area contributed by atoms with E-state index in [9.17, 15) is 4.79 Å². The van der Waals surface area contributed by atoms with Gasteiger partial charge < -0.3 is 16.4 Å². The molecule has 0 atom stereocenters. The molecule has 0 fully saturated rings. The number of aryl methyl sites for hydroxylation is 1. The Bertz CT molecular complexity index is 669. The zero-order chi connectivity index (χ0) is 17.2. The molecule has 0 aliphatic rings. The number of nitrogens with two attached hydrogens (primary N) is 1. The molecule has 24 heavy (non-hydrogen) atoms. The van der Waals surface area contributed by atoms with Gasteiger partial charge in [0.1, 0.15) is 5.82 Å². The molecule has 0 bridgehead atoms. The van der Waals surface area contributed by atoms with Crippen LogP contribution >= 0.6 is 0 Å². The van der Waals surface area contributed by atoms with Crippen LogP contribution in [0.2, 0.25) is 0 Å². The van der Waals surface area contributed by atoms with Crippen molar-refractivity contribution >= 4 is 17.7 Å². The van der Waals surface area contributed by atoms with Crippen LogP contribution in [0, 0.1) is 6.92 Å². The lowest BCUT2D eigenvalue weighted by molar-refractivity contribution is -0.116. The summed E-state index contributed by atoms with van der Waals surface area (Å²) in [6.07, 6.45) is 4.47. The molecule has 126 valence electrons. The van der Waals surface area contributed by atoms with Crippen molar-refractivity contribution in [1.82, 2.24) is 15.3 Å². The lowest BCUT2D eigenvalue weighted by atomic mass is 10.3. The van der Waals surface area contributed by atoms with Gasteiger partial charge in [-0.1, -0.05) is 12.1 Å². The summed E-state index contributed by atoms with van der Waals surface area (Å²) in [5.41, 5.74) is 7.80. The summed E-state index contributed by atoms with van der Waals surface area (Å²) in [4.78, 5) is 24.3. The lowest BCUT2D eigenvalue weighted by Crippen LogP contribution is -2.33. The van der Waals surface area contributed by atoms with E-state index in [1.165, 1.54) is 0 Å². The second-order valence-corrected chi connectivity index (χ2v) is 5.28. The van der Waals surface area contributed by atoms with Gasteiger partial charge in [0, 0.05) is 37.5 Å². The number of nitrogens with one attached hydrogen (secondary N) is 2. The van der Waals surface area contributed by atoms with Crippen LogP contribution < -0.4 is 16.4 Å². The van der Waals surface area contributed by atoms with Gasteiger partial charge in [-0.05, 0) is 30.7 Å². The normalized spacial score (nSPS) is 11.1. The Morgan fingerprint density at radius 1 is 1.25 bits per heavy atom. The van der Waals surface area contributed by atoms with Gasteiger partial charge in [0.05, 0.1) is 6.54 Å². The highest BCUT2D eigenvalue weighted by atomic mass is 16.1. The Morgan fingerprint density at radius 3 is 2.83 bits per heavy atom. The van der Waals surface area contributed by atoms with E-state index in [1.54, 1.807) is 18.5 Å². The first kappa shape index (κ1) is 17.4. The topological polar surface area (TPSA) is 105 Å². The maximum atomic E-state index is 11.8. The van der Waals surface area contributed by atoms with Crippen molar-refractivity contribution in [3.05, 3.63) is 54.0 Å². The largest absolute Gasteiger partial charge is 0.370 e. The van der Waals surface area contributed by atoms with E-state index < -0.39 is 0 Å². The highest BCUT2D eigenvalue weighted by Gasteiger charge is 2.02. The van der Waals surface area contributed by atoms with Crippen molar-refractivity contribution in [2.24, 2.45) is 10.7 Å². The van der Waals surface area contributed by atoms with Crippen LogP contribution in [-0.4, -0.2) is 34.9 Å². The van der Waals surface area contributed by atoms with Gasteiger partial charge in [0.2, 0.25) is 5.91 Å². The van der Waals surface area contributed by atoms with Crippen molar-refractivity contribution in [3.63, 3.8) is 0 Å². The zero-order valence-electron chi connectivity index (χ0n) is 13.7. The van der Waals surface area contributed by atoms with Crippen LogP contribution in [0.25, 0.3) is 0 Å². The molecular weight excluding hydrogens is 304 g/mol. The maximum absolute atomic E-state index is 11.8. The predicted molar refractivity (Wildman–Crippen MR) is 94.7 cm³/mol. The van der Waals surface area contributed by atoms with Crippen LogP contribution in [0.15, 0.2) is 47.7 Å². The zero-order valence-corrected chi connectivity index (χ0v) is 13.7. The molecule has 7 heteroatoms. The molecule has 0 unspecified atom stereocenters. The summed E-state index contributed by atoms with van der Waals surface area (Å²) in [6, 6.07) is 9.44. The van der Waals surface area contributed by atoms with Gasteiger partial charge in [0.15, 0.2) is 5.96 Å². The summed E-state index contributed by atoms with van der Waals surface area (Å²) in [6.45, 7) is 2.91. The van der Waals surface area contributed by atoms with Crippen molar-refractivity contribution in [1.29, 1.82) is 0 Å². The van der Waals surface area contributed by atoms with E-state index in [2.05, 4.69) is 25.6 Å². The molecule has 2 rings (SSSR count). The second-order valence-electron chi connectivity index (χ2n) is 5.28. The molecule has 2 aromatic heterocycles. The van der Waals surface area contributed by atoms with Gasteiger partial charge in [0.25, 0.3) is 0 Å². The summed E-state index contributed by atoms with van der Waals surface area (Å²) in [7, 11) is 0. The summed E-state index contributed by atoms with van der Waals surface area (Å²) in [5.74, 6) is 0.722. The van der Waals surface area contributed by atoms with E-state index in [0.29, 0.717) is 24.9 Å². The Hall–Kier alpha value is -2.96. The molecule has 7 nitrogen and oxygen atoms in total. The molecule has 4 N–H and O–H groups in total. The Kier molecular flexibility index (Phi) is 6.70. The van der Waals surface area contributed by atoms with Gasteiger partial charge in [-0.3, -0.25) is 14.8 Å². The standard InChI is InChI=1S/C17H22N6O/c1-13-5-6-15(22-12-13)23-16(24)8-11-21-17(18)20-10-7-14-4-2-3-9-19-14/h2-6,9,12H,7-8,10-11H2,1H3,(H3,18,20,21)(H,22,23,24). The number of aliphatic imine (C=N–C) groups is 1. The van der Waals surface area contributed by atoms with Crippen LogP contribution in [0.3, 0.4) is 0 Å². The van der Waals surface area contributed by atoms with Crippen LogP contribution in [-0.2, 0) is 11.2 Å². The number of hydrogen-bond donors (Lipinski definition) is 3. The molecule has 1 amide bonds. The van der Waals surface area contributed by atoms with Gasteiger partial charge in [-0.25, -0.2) is 4.98 Å². The number of carbonyl (C=O) groups is 1. The minimum atomic E-state index is -0.142. The monoisotopic (exact) mass is 326 g/mol. The molecule has 0 aromatic carbocycles. The van der Waals surface area contributed by atoms with E-state index >= 15 is 0 Å². The SMILES string of the molecule is Cc1ccc(NC(=O)CCN=C(N)NCCc2ccccn2)nc1. The first-order valence-corrected chi connectivity index (χ1v) is 7.79. The fraction of sp³-hybridized carbons (Fsp3) is 0.294. The fourth-order valence-electron chi connectivity index (χ4n) is 1.95. The Balaban J connectivity index is 1.65. The molecule has 0 saturated carbocycles. The number of carbonyl (C=O) groups excluding carboxylic acids is 1. The van der Waals surface area contributed by atoms with E-state index in [-0.39, 0.29) is 12.3 Å². The summed E-state index contributed by atoms with van der Waals surface area (Å²) in [5, 5.41) is 5.72. The number of pyridine rings is 2. The molecule has 0 saturated heterocycles. The summed E-state index contributed by atoms with van der Waals surface area (Å²) >= 11 is 0. The minimum absolute atomic E-state index is 0.142. The lowest BCUT2D eigenvalue weighted by Gasteiger charge is -2.06. The average molecular weight is 326 g/mol. The Morgan fingerprint density at radius 2 is 2.12 bits per heavy atom. The molecule has 0 radical (unpaired) electrons. The second kappa shape index (κ2) is 9.24. The number of anilines is 1. The number of guanidine groups is 1. The van der Waals surface area contributed by atoms with Crippen LogP contribution in [0.4, 0.5) is 5.82 Å². The van der Waals surface area contributed by atoms with Gasteiger partial charge in [-0.2, -0.15) is 0 Å². The highest BCUT2D eigenvalue weighted by Crippen LogP contribution is 2.04. The number of hydrogen-bond acceptors (Lipinski definition) is 4. The predicted octanol–water partition coefficient (Wildman–Crippen LogP) is 1.26. The van der Waals surface area contributed by atoms with Gasteiger partial charge >= 0.3 is 0 Å². The quantitative estimate of drug-likeness (QED) is 0.525. The van der Waals surface area contributed by atoms with Crippen LogP contribution in [0.1, 0.15) is 17.7 Å². The number of aromatic nitrogens is 2. The number of amides is 1. The van der Waals surface area contributed by atoms with E-state index in [4.69, 9.17) is 5.73 Å². The van der Waals surface area contributed by atoms with Gasteiger partial charge in [-0.15, -0.1) is 0 Å². The smallest absolute Gasteiger partial charge is 0.227 e. The number of rotatable bonds is 7. The highest BCUT2D eigenvalue weighted by molar-refractivity contribution is 5.90. The third kappa shape index (κ3) is 6.43. The molecule has 2 aromatic rings. The van der Waals surface area contributed by atoms with Crippen molar-refractivity contribution < 1.29 is 4.79 Å². The Labute approximate surface area is 141 Å². The fourth-order valence-corrected chi connectivity index (χ4v) is 1.95. The van der Waals surface area contributed by atoms with Crippen molar-refractivity contribution in [2.45, 2.75) is 19.8 Å². The third-order valence-corrected chi connectivity index (χ3v) is 3.21. The first-order chi connectivity index (χ1) is 11.6.